The Morgan fingerprint density at radius 3 is 2.58 bits per heavy atom. The maximum Gasteiger partial charge on any atom is 0.336 e. The van der Waals surface area contributed by atoms with Gasteiger partial charge in [0.25, 0.3) is 0 Å². The number of hydrogen-bond acceptors (Lipinski definition) is 8. The van der Waals surface area contributed by atoms with Gasteiger partial charge in [0.05, 0.1) is 18.8 Å². The van der Waals surface area contributed by atoms with Gasteiger partial charge in [0.2, 0.25) is 0 Å². The predicted octanol–water partition coefficient (Wildman–Crippen LogP) is -2.71. The maximum atomic E-state index is 11.2. The van der Waals surface area contributed by atoms with E-state index in [-0.39, 0.29) is 18.8 Å². The van der Waals surface area contributed by atoms with Crippen molar-refractivity contribution < 1.29 is 39.4 Å². The summed E-state index contributed by atoms with van der Waals surface area (Å²) in [5.74, 6) is -0.510. The van der Waals surface area contributed by atoms with Crippen LogP contribution in [-0.4, -0.2) is 76.9 Å². The molecule has 2 aliphatic rings. The van der Waals surface area contributed by atoms with Crippen molar-refractivity contribution in [3.63, 3.8) is 0 Å². The van der Waals surface area contributed by atoms with Crippen LogP contribution in [0.2, 0.25) is 0 Å². The minimum Gasteiger partial charge on any atom is -0.458 e. The number of cyclic esters (lactones) is 1. The molecule has 8 nitrogen and oxygen atoms in total. The molecule has 0 aromatic rings. The van der Waals surface area contributed by atoms with Crippen molar-refractivity contribution in [1.82, 2.24) is 0 Å². The van der Waals surface area contributed by atoms with Crippen LogP contribution in [0.15, 0.2) is 11.6 Å². The summed E-state index contributed by atoms with van der Waals surface area (Å²) in [5.41, 5.74) is 0.289. The number of aliphatic hydroxyl groups is 4. The Balaban J connectivity index is 1.93. The van der Waals surface area contributed by atoms with Crippen molar-refractivity contribution in [1.29, 1.82) is 0 Å². The molecule has 2 aliphatic heterocycles. The second-order valence-corrected chi connectivity index (χ2v) is 4.34. The fraction of sp³-hybridized carbons (Fsp3) is 0.727. The van der Waals surface area contributed by atoms with Crippen molar-refractivity contribution in [2.24, 2.45) is 0 Å². The third kappa shape index (κ3) is 2.94. The number of carbonyl (C=O) groups excluding carboxylic acids is 1. The van der Waals surface area contributed by atoms with Gasteiger partial charge in [-0.3, -0.25) is 0 Å². The molecule has 0 aromatic heterocycles. The molecule has 0 radical (unpaired) electrons. The molecule has 19 heavy (non-hydrogen) atoms. The third-order valence-electron chi connectivity index (χ3n) is 3.06. The molecule has 0 spiro atoms. The number of hydrogen-bond donors (Lipinski definition) is 4. The van der Waals surface area contributed by atoms with Crippen molar-refractivity contribution in [2.75, 3.05) is 19.8 Å². The summed E-state index contributed by atoms with van der Waals surface area (Å²) in [7, 11) is 0. The number of rotatable bonds is 4. The monoisotopic (exact) mass is 276 g/mol. The summed E-state index contributed by atoms with van der Waals surface area (Å²) >= 11 is 0. The van der Waals surface area contributed by atoms with Crippen LogP contribution in [0.1, 0.15) is 0 Å². The molecule has 8 heteroatoms. The van der Waals surface area contributed by atoms with Crippen molar-refractivity contribution in [3.8, 4) is 0 Å². The van der Waals surface area contributed by atoms with Gasteiger partial charge in [-0.05, 0) is 6.08 Å². The normalized spacial score (nSPS) is 39.1. The van der Waals surface area contributed by atoms with E-state index in [0.29, 0.717) is 0 Å². The lowest BCUT2D eigenvalue weighted by atomic mass is 9.99. The SMILES string of the molecule is O=C1OCC=C1CO[C@@H]1O[C@H](CO)[C@@H](O)[C@H](O)[C@H]1O. The zero-order valence-corrected chi connectivity index (χ0v) is 10.0. The second kappa shape index (κ2) is 5.95. The quantitative estimate of drug-likeness (QED) is 0.408. The van der Waals surface area contributed by atoms with Crippen LogP contribution in [-0.2, 0) is 19.0 Å². The van der Waals surface area contributed by atoms with Gasteiger partial charge in [0.15, 0.2) is 6.29 Å². The highest BCUT2D eigenvalue weighted by molar-refractivity contribution is 5.90. The maximum absolute atomic E-state index is 11.2. The summed E-state index contributed by atoms with van der Waals surface area (Å²) in [5, 5.41) is 37.8. The summed E-state index contributed by atoms with van der Waals surface area (Å²) in [6.07, 6.45) is -5.16. The summed E-state index contributed by atoms with van der Waals surface area (Å²) in [6, 6.07) is 0. The lowest BCUT2D eigenvalue weighted by Crippen LogP contribution is -2.59. The number of ether oxygens (including phenoxy) is 3. The summed E-state index contributed by atoms with van der Waals surface area (Å²) in [6.45, 7) is -0.511. The van der Waals surface area contributed by atoms with Gasteiger partial charge in [0, 0.05) is 0 Å². The largest absolute Gasteiger partial charge is 0.458 e. The van der Waals surface area contributed by atoms with Gasteiger partial charge in [0.1, 0.15) is 31.0 Å². The molecule has 0 aromatic carbocycles. The zero-order valence-electron chi connectivity index (χ0n) is 10.0. The van der Waals surface area contributed by atoms with Crippen molar-refractivity contribution >= 4 is 5.97 Å². The highest BCUT2D eigenvalue weighted by Gasteiger charge is 2.44. The molecule has 108 valence electrons. The first-order chi connectivity index (χ1) is 9.04. The number of carbonyl (C=O) groups is 1. The Hall–Kier alpha value is -1.03. The van der Waals surface area contributed by atoms with E-state index in [1.807, 2.05) is 0 Å². The van der Waals surface area contributed by atoms with Gasteiger partial charge in [-0.1, -0.05) is 0 Å². The van der Waals surface area contributed by atoms with Crippen LogP contribution in [0.4, 0.5) is 0 Å². The fourth-order valence-corrected chi connectivity index (χ4v) is 1.89. The molecular formula is C11H16O8. The summed E-state index contributed by atoms with van der Waals surface area (Å²) in [4.78, 5) is 11.2. The van der Waals surface area contributed by atoms with Crippen LogP contribution in [0.3, 0.4) is 0 Å². The van der Waals surface area contributed by atoms with E-state index >= 15 is 0 Å². The second-order valence-electron chi connectivity index (χ2n) is 4.34. The molecule has 0 saturated carbocycles. The minimum absolute atomic E-state index is 0.151. The highest BCUT2D eigenvalue weighted by Crippen LogP contribution is 2.22. The van der Waals surface area contributed by atoms with Crippen LogP contribution >= 0.6 is 0 Å². The van der Waals surface area contributed by atoms with Crippen LogP contribution in [0.5, 0.6) is 0 Å². The topological polar surface area (TPSA) is 126 Å². The van der Waals surface area contributed by atoms with Gasteiger partial charge in [-0.15, -0.1) is 0 Å². The Morgan fingerprint density at radius 2 is 2.00 bits per heavy atom. The van der Waals surface area contributed by atoms with E-state index in [4.69, 9.17) is 14.6 Å². The average molecular weight is 276 g/mol. The molecule has 2 rings (SSSR count). The Morgan fingerprint density at radius 1 is 1.26 bits per heavy atom. The first-order valence-electron chi connectivity index (χ1n) is 5.83. The van der Waals surface area contributed by atoms with Gasteiger partial charge >= 0.3 is 5.97 Å². The van der Waals surface area contributed by atoms with E-state index in [2.05, 4.69) is 4.74 Å². The molecule has 0 bridgehead atoms. The third-order valence-corrected chi connectivity index (χ3v) is 3.06. The minimum atomic E-state index is -1.50. The van der Waals surface area contributed by atoms with E-state index < -0.39 is 43.3 Å². The molecule has 4 N–H and O–H groups in total. The molecule has 0 unspecified atom stereocenters. The average Bonchev–Trinajstić information content (AvgIpc) is 2.81. The van der Waals surface area contributed by atoms with Gasteiger partial charge in [-0.25, -0.2) is 4.79 Å². The van der Waals surface area contributed by atoms with E-state index in [0.717, 1.165) is 0 Å². The lowest BCUT2D eigenvalue weighted by Gasteiger charge is -2.39. The van der Waals surface area contributed by atoms with Crippen LogP contribution in [0, 0.1) is 0 Å². The zero-order chi connectivity index (χ0) is 14.0. The fourth-order valence-electron chi connectivity index (χ4n) is 1.89. The molecule has 1 saturated heterocycles. The molecular weight excluding hydrogens is 260 g/mol. The Labute approximate surface area is 108 Å². The molecule has 1 fully saturated rings. The highest BCUT2D eigenvalue weighted by atomic mass is 16.7. The Bertz CT molecular complexity index is 366. The standard InChI is InChI=1S/C11H16O8/c12-3-6-7(13)8(14)9(15)11(19-6)18-4-5-1-2-17-10(5)16/h1,6-9,11-15H,2-4H2/t6-,7-,8+,9-,11-/m1/s1. The van der Waals surface area contributed by atoms with Crippen LogP contribution in [0.25, 0.3) is 0 Å². The van der Waals surface area contributed by atoms with Crippen LogP contribution < -0.4 is 0 Å². The first kappa shape index (κ1) is 14.4. The summed E-state index contributed by atoms with van der Waals surface area (Å²) < 4.78 is 15.0. The molecule has 0 aliphatic carbocycles. The van der Waals surface area contributed by atoms with E-state index in [1.54, 1.807) is 0 Å². The van der Waals surface area contributed by atoms with E-state index in [9.17, 15) is 20.1 Å². The van der Waals surface area contributed by atoms with Crippen molar-refractivity contribution in [2.45, 2.75) is 30.7 Å². The molecule has 0 amide bonds. The lowest BCUT2D eigenvalue weighted by molar-refractivity contribution is -0.298. The van der Waals surface area contributed by atoms with Gasteiger partial charge < -0.3 is 34.6 Å². The number of esters is 1. The van der Waals surface area contributed by atoms with Crippen molar-refractivity contribution in [3.05, 3.63) is 11.6 Å². The number of aliphatic hydroxyl groups excluding tert-OH is 4. The van der Waals surface area contributed by atoms with E-state index in [1.165, 1.54) is 6.08 Å². The first-order valence-corrected chi connectivity index (χ1v) is 5.83. The molecule has 2 heterocycles. The Kier molecular flexibility index (Phi) is 4.50. The smallest absolute Gasteiger partial charge is 0.336 e. The molecule has 5 atom stereocenters. The van der Waals surface area contributed by atoms with Gasteiger partial charge in [-0.2, -0.15) is 0 Å². The predicted molar refractivity (Wildman–Crippen MR) is 58.8 cm³/mol.